The van der Waals surface area contributed by atoms with Gasteiger partial charge in [0.25, 0.3) is 0 Å². The Morgan fingerprint density at radius 2 is 2.00 bits per heavy atom. The first-order chi connectivity index (χ1) is 5.90. The van der Waals surface area contributed by atoms with Crippen LogP contribution in [-0.2, 0) is 4.79 Å². The summed E-state index contributed by atoms with van der Waals surface area (Å²) in [6.45, 7) is 9.14. The topological polar surface area (TPSA) is 55.1 Å². The zero-order valence-corrected chi connectivity index (χ0v) is 9.18. The molecule has 78 valence electrons. The largest absolute Gasteiger partial charge is 0.356 e. The first kappa shape index (κ1) is 12.4. The van der Waals surface area contributed by atoms with Gasteiger partial charge in [-0.15, -0.1) is 0 Å². The molecule has 0 fully saturated rings. The van der Waals surface area contributed by atoms with Gasteiger partial charge in [0.15, 0.2) is 0 Å². The van der Waals surface area contributed by atoms with Crippen molar-refractivity contribution in [3.8, 4) is 0 Å². The second-order valence-corrected chi connectivity index (χ2v) is 4.53. The van der Waals surface area contributed by atoms with Gasteiger partial charge in [-0.3, -0.25) is 4.79 Å². The average Bonchev–Trinajstić information content (AvgIpc) is 2.03. The first-order valence-corrected chi connectivity index (χ1v) is 4.88. The molecule has 0 aliphatic rings. The predicted molar refractivity (Wildman–Crippen MR) is 55.3 cm³/mol. The number of rotatable bonds is 5. The highest BCUT2D eigenvalue weighted by Gasteiger charge is 2.24. The van der Waals surface area contributed by atoms with Crippen LogP contribution >= 0.6 is 0 Å². The Hall–Kier alpha value is -0.570. The molecule has 0 spiro atoms. The highest BCUT2D eigenvalue weighted by molar-refractivity contribution is 5.81. The molecule has 0 rings (SSSR count). The molecule has 0 saturated carbocycles. The number of hydrogen-bond acceptors (Lipinski definition) is 2. The van der Waals surface area contributed by atoms with E-state index in [0.29, 0.717) is 12.5 Å². The minimum atomic E-state index is -0.434. The molecule has 0 aliphatic carbocycles. The summed E-state index contributed by atoms with van der Waals surface area (Å²) in [5, 5.41) is 2.89. The fourth-order valence-corrected chi connectivity index (χ4v) is 0.806. The van der Waals surface area contributed by atoms with E-state index in [1.165, 1.54) is 0 Å². The standard InChI is InChI=1S/C10H22N2O/c1-8(2)5-6-12-9(13)10(3,4)7-11/h8H,5-7,11H2,1-4H3,(H,12,13). The van der Waals surface area contributed by atoms with Crippen molar-refractivity contribution in [1.29, 1.82) is 0 Å². The summed E-state index contributed by atoms with van der Waals surface area (Å²) < 4.78 is 0. The van der Waals surface area contributed by atoms with E-state index in [1.807, 2.05) is 13.8 Å². The molecule has 13 heavy (non-hydrogen) atoms. The van der Waals surface area contributed by atoms with Crippen molar-refractivity contribution in [2.45, 2.75) is 34.1 Å². The van der Waals surface area contributed by atoms with Crippen LogP contribution in [0.25, 0.3) is 0 Å². The predicted octanol–water partition coefficient (Wildman–Crippen LogP) is 1.13. The van der Waals surface area contributed by atoms with Crippen LogP contribution in [0.5, 0.6) is 0 Å². The molecule has 0 aromatic heterocycles. The Morgan fingerprint density at radius 1 is 1.46 bits per heavy atom. The Labute approximate surface area is 81.1 Å². The van der Waals surface area contributed by atoms with Crippen molar-refractivity contribution in [1.82, 2.24) is 5.32 Å². The van der Waals surface area contributed by atoms with Crippen LogP contribution in [0.15, 0.2) is 0 Å². The maximum atomic E-state index is 11.5. The summed E-state index contributed by atoms with van der Waals surface area (Å²) in [6, 6.07) is 0. The molecule has 3 N–H and O–H groups in total. The summed E-state index contributed by atoms with van der Waals surface area (Å²) in [6.07, 6.45) is 1.02. The van der Waals surface area contributed by atoms with Gasteiger partial charge in [0, 0.05) is 13.1 Å². The van der Waals surface area contributed by atoms with Gasteiger partial charge in [-0.05, 0) is 26.2 Å². The molecule has 0 aliphatic heterocycles. The van der Waals surface area contributed by atoms with Gasteiger partial charge < -0.3 is 11.1 Å². The lowest BCUT2D eigenvalue weighted by Crippen LogP contribution is -2.42. The fraction of sp³-hybridized carbons (Fsp3) is 0.900. The van der Waals surface area contributed by atoms with E-state index in [1.54, 1.807) is 0 Å². The van der Waals surface area contributed by atoms with Gasteiger partial charge in [0.05, 0.1) is 5.41 Å². The summed E-state index contributed by atoms with van der Waals surface area (Å²) in [5.41, 5.74) is 5.04. The number of nitrogens with two attached hydrogens (primary N) is 1. The van der Waals surface area contributed by atoms with Gasteiger partial charge in [0.1, 0.15) is 0 Å². The first-order valence-electron chi connectivity index (χ1n) is 4.88. The van der Waals surface area contributed by atoms with Crippen molar-refractivity contribution in [2.75, 3.05) is 13.1 Å². The van der Waals surface area contributed by atoms with Crippen LogP contribution in [0.2, 0.25) is 0 Å². The second-order valence-electron chi connectivity index (χ2n) is 4.53. The third kappa shape index (κ3) is 4.88. The average molecular weight is 186 g/mol. The van der Waals surface area contributed by atoms with Gasteiger partial charge in [-0.25, -0.2) is 0 Å². The van der Waals surface area contributed by atoms with Gasteiger partial charge in [-0.1, -0.05) is 13.8 Å². The molecule has 1 amide bonds. The molecule has 0 heterocycles. The van der Waals surface area contributed by atoms with E-state index in [2.05, 4.69) is 19.2 Å². The molecule has 3 heteroatoms. The highest BCUT2D eigenvalue weighted by atomic mass is 16.2. The molecule has 0 unspecified atom stereocenters. The number of carbonyl (C=O) groups excluding carboxylic acids is 1. The molecule has 3 nitrogen and oxygen atoms in total. The number of amides is 1. The number of hydrogen-bond donors (Lipinski definition) is 2. The molecule has 0 radical (unpaired) electrons. The Bertz CT molecular complexity index is 164. The van der Waals surface area contributed by atoms with Gasteiger partial charge in [0.2, 0.25) is 5.91 Å². The smallest absolute Gasteiger partial charge is 0.226 e. The van der Waals surface area contributed by atoms with Crippen molar-refractivity contribution < 1.29 is 4.79 Å². The minimum Gasteiger partial charge on any atom is -0.356 e. The quantitative estimate of drug-likeness (QED) is 0.676. The Morgan fingerprint density at radius 3 is 2.38 bits per heavy atom. The van der Waals surface area contributed by atoms with E-state index >= 15 is 0 Å². The van der Waals surface area contributed by atoms with E-state index in [0.717, 1.165) is 13.0 Å². The second kappa shape index (κ2) is 5.22. The number of carbonyl (C=O) groups is 1. The van der Waals surface area contributed by atoms with Crippen LogP contribution in [0.1, 0.15) is 34.1 Å². The molecule has 0 aromatic carbocycles. The maximum absolute atomic E-state index is 11.5. The van der Waals surface area contributed by atoms with Crippen LogP contribution < -0.4 is 11.1 Å². The summed E-state index contributed by atoms with van der Waals surface area (Å²) in [4.78, 5) is 11.5. The highest BCUT2D eigenvalue weighted by Crippen LogP contribution is 2.12. The molecule has 0 atom stereocenters. The van der Waals surface area contributed by atoms with Crippen LogP contribution in [0, 0.1) is 11.3 Å². The SMILES string of the molecule is CC(C)CCNC(=O)C(C)(C)CN. The van der Waals surface area contributed by atoms with Crippen molar-refractivity contribution in [2.24, 2.45) is 17.1 Å². The van der Waals surface area contributed by atoms with E-state index in [9.17, 15) is 4.79 Å². The monoisotopic (exact) mass is 186 g/mol. The van der Waals surface area contributed by atoms with Crippen LogP contribution in [0.3, 0.4) is 0 Å². The molecule has 0 saturated heterocycles. The van der Waals surface area contributed by atoms with E-state index in [4.69, 9.17) is 5.73 Å². The van der Waals surface area contributed by atoms with Crippen molar-refractivity contribution in [3.05, 3.63) is 0 Å². The summed E-state index contributed by atoms with van der Waals surface area (Å²) in [7, 11) is 0. The van der Waals surface area contributed by atoms with E-state index in [-0.39, 0.29) is 5.91 Å². The molecule has 0 bridgehead atoms. The summed E-state index contributed by atoms with van der Waals surface area (Å²) >= 11 is 0. The Balaban J connectivity index is 3.75. The van der Waals surface area contributed by atoms with E-state index < -0.39 is 5.41 Å². The number of nitrogens with one attached hydrogen (secondary N) is 1. The van der Waals surface area contributed by atoms with Crippen LogP contribution in [0.4, 0.5) is 0 Å². The molecular formula is C10H22N2O. The zero-order chi connectivity index (χ0) is 10.5. The Kier molecular flexibility index (Phi) is 4.99. The zero-order valence-electron chi connectivity index (χ0n) is 9.18. The molecule has 0 aromatic rings. The lowest BCUT2D eigenvalue weighted by atomic mass is 9.92. The third-order valence-corrected chi connectivity index (χ3v) is 2.13. The van der Waals surface area contributed by atoms with Crippen molar-refractivity contribution >= 4 is 5.91 Å². The minimum absolute atomic E-state index is 0.0515. The summed E-state index contributed by atoms with van der Waals surface area (Å²) in [5.74, 6) is 0.678. The lowest BCUT2D eigenvalue weighted by Gasteiger charge is -2.21. The van der Waals surface area contributed by atoms with Crippen LogP contribution in [-0.4, -0.2) is 19.0 Å². The lowest BCUT2D eigenvalue weighted by molar-refractivity contribution is -0.128. The maximum Gasteiger partial charge on any atom is 0.226 e. The van der Waals surface area contributed by atoms with Crippen molar-refractivity contribution in [3.63, 3.8) is 0 Å². The molecular weight excluding hydrogens is 164 g/mol. The fourth-order valence-electron chi connectivity index (χ4n) is 0.806. The van der Waals surface area contributed by atoms with Gasteiger partial charge >= 0.3 is 0 Å². The third-order valence-electron chi connectivity index (χ3n) is 2.13. The van der Waals surface area contributed by atoms with Gasteiger partial charge in [-0.2, -0.15) is 0 Å². The normalized spacial score (nSPS) is 11.8.